The first-order chi connectivity index (χ1) is 9.83. The molecule has 1 saturated heterocycles. The Bertz CT molecular complexity index is 566. The van der Waals surface area contributed by atoms with Crippen molar-refractivity contribution in [1.82, 2.24) is 5.32 Å². The van der Waals surface area contributed by atoms with E-state index in [0.717, 1.165) is 18.8 Å². The predicted octanol–water partition coefficient (Wildman–Crippen LogP) is 2.99. The van der Waals surface area contributed by atoms with Crippen molar-refractivity contribution in [3.8, 4) is 0 Å². The van der Waals surface area contributed by atoms with Crippen molar-refractivity contribution >= 4 is 23.1 Å². The normalized spacial score (nSPS) is 14.6. The van der Waals surface area contributed by atoms with Crippen LogP contribution in [0.15, 0.2) is 41.1 Å². The largest absolute Gasteiger partial charge is 0.447 e. The van der Waals surface area contributed by atoms with Crippen molar-refractivity contribution in [3.05, 3.63) is 52.2 Å². The Labute approximate surface area is 122 Å². The molecular formula is C15H16N2O2S. The Morgan fingerprint density at radius 1 is 1.15 bits per heavy atom. The van der Waals surface area contributed by atoms with E-state index in [-0.39, 0.29) is 6.09 Å². The van der Waals surface area contributed by atoms with Crippen LogP contribution < -0.4 is 10.2 Å². The summed E-state index contributed by atoms with van der Waals surface area (Å²) >= 11 is 1.71. The number of nitrogens with one attached hydrogen (secondary N) is 1. The number of benzene rings is 1. The van der Waals surface area contributed by atoms with Crippen LogP contribution in [0.3, 0.4) is 0 Å². The summed E-state index contributed by atoms with van der Waals surface area (Å²) in [4.78, 5) is 13.1. The number of carbonyl (C=O) groups excluding carboxylic acids is 1. The molecule has 0 bridgehead atoms. The fourth-order valence-electron chi connectivity index (χ4n) is 2.17. The molecule has 20 heavy (non-hydrogen) atoms. The first kappa shape index (κ1) is 13.1. The van der Waals surface area contributed by atoms with Crippen molar-refractivity contribution in [1.29, 1.82) is 0 Å². The third-order valence-electron chi connectivity index (χ3n) is 3.25. The Kier molecular flexibility index (Phi) is 3.99. The summed E-state index contributed by atoms with van der Waals surface area (Å²) in [6, 6.07) is 10.1. The van der Waals surface area contributed by atoms with E-state index in [9.17, 15) is 4.79 Å². The van der Waals surface area contributed by atoms with Gasteiger partial charge in [0.1, 0.15) is 6.61 Å². The second-order valence-corrected chi connectivity index (χ2v) is 5.45. The van der Waals surface area contributed by atoms with E-state index in [0.29, 0.717) is 13.2 Å². The van der Waals surface area contributed by atoms with Crippen LogP contribution in [0.5, 0.6) is 0 Å². The monoisotopic (exact) mass is 288 g/mol. The number of nitrogens with zero attached hydrogens (tertiary/aromatic N) is 1. The molecule has 1 aliphatic rings. The summed E-state index contributed by atoms with van der Waals surface area (Å²) in [6.45, 7) is 2.81. The van der Waals surface area contributed by atoms with Gasteiger partial charge in [-0.2, -0.15) is 11.3 Å². The number of ether oxygens (including phenoxy) is 1. The van der Waals surface area contributed by atoms with E-state index in [1.165, 1.54) is 11.1 Å². The molecule has 1 aliphatic heterocycles. The molecule has 2 aromatic rings. The van der Waals surface area contributed by atoms with Crippen LogP contribution in [0, 0.1) is 0 Å². The minimum atomic E-state index is -0.256. The van der Waals surface area contributed by atoms with Gasteiger partial charge in [0, 0.05) is 18.8 Å². The molecule has 1 fully saturated rings. The third kappa shape index (κ3) is 3.00. The molecule has 1 amide bonds. The Hall–Kier alpha value is -1.85. The fourth-order valence-corrected chi connectivity index (χ4v) is 2.83. The number of rotatable bonds is 5. The second-order valence-electron chi connectivity index (χ2n) is 4.67. The maximum atomic E-state index is 11.5. The first-order valence-corrected chi connectivity index (χ1v) is 7.52. The molecule has 4 nitrogen and oxygen atoms in total. The van der Waals surface area contributed by atoms with Crippen LogP contribution >= 0.6 is 11.3 Å². The molecule has 0 atom stereocenters. The third-order valence-corrected chi connectivity index (χ3v) is 3.98. The Morgan fingerprint density at radius 2 is 1.95 bits per heavy atom. The number of carbonyl (C=O) groups is 1. The highest BCUT2D eigenvalue weighted by Gasteiger charge is 2.23. The summed E-state index contributed by atoms with van der Waals surface area (Å²) in [5.74, 6) is 0. The van der Waals surface area contributed by atoms with E-state index in [2.05, 4.69) is 22.1 Å². The fraction of sp³-hybridized carbons (Fsp3) is 0.267. The minimum Gasteiger partial charge on any atom is -0.447 e. The molecule has 104 valence electrons. The molecule has 0 spiro atoms. The van der Waals surface area contributed by atoms with Gasteiger partial charge in [-0.3, -0.25) is 4.90 Å². The van der Waals surface area contributed by atoms with Gasteiger partial charge >= 0.3 is 6.09 Å². The SMILES string of the molecule is O=C1OCCN1c1ccc(CNCc2ccsc2)cc1. The van der Waals surface area contributed by atoms with E-state index >= 15 is 0 Å². The van der Waals surface area contributed by atoms with Crippen LogP contribution in [-0.2, 0) is 17.8 Å². The number of cyclic esters (lactones) is 1. The maximum absolute atomic E-state index is 11.5. The number of amides is 1. The Balaban J connectivity index is 1.54. The van der Waals surface area contributed by atoms with Crippen LogP contribution in [0.2, 0.25) is 0 Å². The van der Waals surface area contributed by atoms with Crippen LogP contribution in [0.4, 0.5) is 10.5 Å². The highest BCUT2D eigenvalue weighted by Crippen LogP contribution is 2.19. The maximum Gasteiger partial charge on any atom is 0.414 e. The standard InChI is InChI=1S/C15H16N2O2S/c18-15-17(6-7-19-15)14-3-1-12(2-4-14)9-16-10-13-5-8-20-11-13/h1-5,8,11,16H,6-7,9-10H2. The topological polar surface area (TPSA) is 41.6 Å². The molecule has 0 unspecified atom stereocenters. The van der Waals surface area contributed by atoms with Gasteiger partial charge in [-0.1, -0.05) is 12.1 Å². The van der Waals surface area contributed by atoms with Crippen molar-refractivity contribution < 1.29 is 9.53 Å². The number of hydrogen-bond acceptors (Lipinski definition) is 4. The number of thiophene rings is 1. The molecule has 1 N–H and O–H groups in total. The van der Waals surface area contributed by atoms with Crippen molar-refractivity contribution in [2.45, 2.75) is 13.1 Å². The zero-order chi connectivity index (χ0) is 13.8. The lowest BCUT2D eigenvalue weighted by molar-refractivity contribution is 0.181. The summed E-state index contributed by atoms with van der Waals surface area (Å²) < 4.78 is 4.93. The molecule has 5 heteroatoms. The lowest BCUT2D eigenvalue weighted by atomic mass is 10.2. The van der Waals surface area contributed by atoms with Crippen LogP contribution in [0.1, 0.15) is 11.1 Å². The van der Waals surface area contributed by atoms with Crippen LogP contribution in [0.25, 0.3) is 0 Å². The van der Waals surface area contributed by atoms with Crippen molar-refractivity contribution in [2.75, 3.05) is 18.1 Å². The summed E-state index contributed by atoms with van der Waals surface area (Å²) in [6.07, 6.45) is -0.256. The van der Waals surface area contributed by atoms with Gasteiger partial charge in [-0.15, -0.1) is 0 Å². The van der Waals surface area contributed by atoms with E-state index in [1.54, 1.807) is 16.2 Å². The van der Waals surface area contributed by atoms with Gasteiger partial charge in [0.2, 0.25) is 0 Å². The summed E-state index contributed by atoms with van der Waals surface area (Å²) in [5.41, 5.74) is 3.41. The molecule has 3 rings (SSSR count). The van der Waals surface area contributed by atoms with E-state index < -0.39 is 0 Å². The quantitative estimate of drug-likeness (QED) is 0.919. The molecule has 0 aliphatic carbocycles. The highest BCUT2D eigenvalue weighted by molar-refractivity contribution is 7.07. The average molecular weight is 288 g/mol. The second kappa shape index (κ2) is 6.07. The predicted molar refractivity (Wildman–Crippen MR) is 80.0 cm³/mol. The van der Waals surface area contributed by atoms with Gasteiger partial charge in [0.25, 0.3) is 0 Å². The van der Waals surface area contributed by atoms with Gasteiger partial charge in [0.15, 0.2) is 0 Å². The lowest BCUT2D eigenvalue weighted by Gasteiger charge is -2.13. The number of hydrogen-bond donors (Lipinski definition) is 1. The zero-order valence-corrected chi connectivity index (χ0v) is 11.9. The van der Waals surface area contributed by atoms with Gasteiger partial charge in [-0.25, -0.2) is 4.79 Å². The molecule has 1 aromatic heterocycles. The Morgan fingerprint density at radius 3 is 2.60 bits per heavy atom. The first-order valence-electron chi connectivity index (χ1n) is 6.58. The molecular weight excluding hydrogens is 272 g/mol. The van der Waals surface area contributed by atoms with Gasteiger partial charge < -0.3 is 10.1 Å². The molecule has 1 aromatic carbocycles. The smallest absolute Gasteiger partial charge is 0.414 e. The molecule has 0 radical (unpaired) electrons. The van der Waals surface area contributed by atoms with Crippen molar-refractivity contribution in [2.24, 2.45) is 0 Å². The zero-order valence-electron chi connectivity index (χ0n) is 11.0. The van der Waals surface area contributed by atoms with Gasteiger partial charge in [-0.05, 0) is 40.1 Å². The summed E-state index contributed by atoms with van der Waals surface area (Å²) in [5, 5.41) is 7.64. The van der Waals surface area contributed by atoms with Crippen molar-refractivity contribution in [3.63, 3.8) is 0 Å². The molecule has 2 heterocycles. The minimum absolute atomic E-state index is 0.256. The number of anilines is 1. The molecule has 0 saturated carbocycles. The van der Waals surface area contributed by atoms with E-state index in [1.807, 2.05) is 24.3 Å². The lowest BCUT2D eigenvalue weighted by Crippen LogP contribution is -2.23. The van der Waals surface area contributed by atoms with Crippen LogP contribution in [-0.4, -0.2) is 19.2 Å². The average Bonchev–Trinajstić information content (AvgIpc) is 3.11. The van der Waals surface area contributed by atoms with Gasteiger partial charge in [0.05, 0.1) is 6.54 Å². The highest BCUT2D eigenvalue weighted by atomic mass is 32.1. The summed E-state index contributed by atoms with van der Waals surface area (Å²) in [7, 11) is 0. The van der Waals surface area contributed by atoms with E-state index in [4.69, 9.17) is 4.74 Å².